The minimum atomic E-state index is 1.07. The van der Waals surface area contributed by atoms with Crippen molar-refractivity contribution in [1.82, 2.24) is 4.90 Å². The summed E-state index contributed by atoms with van der Waals surface area (Å²) in [6.07, 6.45) is 4.52. The van der Waals surface area contributed by atoms with Crippen molar-refractivity contribution in [2.75, 3.05) is 44.4 Å². The molecule has 18 heavy (non-hydrogen) atoms. The lowest BCUT2D eigenvalue weighted by Crippen LogP contribution is -2.31. The van der Waals surface area contributed by atoms with Gasteiger partial charge in [0, 0.05) is 42.0 Å². The Hall–Kier alpha value is -0.930. The van der Waals surface area contributed by atoms with Gasteiger partial charge in [-0.15, -0.1) is 11.8 Å². The predicted molar refractivity (Wildman–Crippen MR) is 82.6 cm³/mol. The van der Waals surface area contributed by atoms with Crippen LogP contribution in [0.25, 0.3) is 6.08 Å². The van der Waals surface area contributed by atoms with E-state index in [4.69, 9.17) is 0 Å². The fourth-order valence-corrected chi connectivity index (χ4v) is 2.94. The van der Waals surface area contributed by atoms with Crippen LogP contribution in [-0.4, -0.2) is 44.4 Å². The summed E-state index contributed by atoms with van der Waals surface area (Å²) in [7, 11) is 4.36. The van der Waals surface area contributed by atoms with E-state index >= 15 is 0 Å². The van der Waals surface area contributed by atoms with Gasteiger partial charge in [0.1, 0.15) is 0 Å². The number of nitrogens with zero attached hydrogens (tertiary/aromatic N) is 2. The van der Waals surface area contributed by atoms with Gasteiger partial charge in [-0.2, -0.15) is 0 Å². The summed E-state index contributed by atoms with van der Waals surface area (Å²) in [6.45, 7) is 5.48. The number of thioether (sulfide) groups is 1. The van der Waals surface area contributed by atoms with E-state index in [-0.39, 0.29) is 0 Å². The Labute approximate surface area is 115 Å². The van der Waals surface area contributed by atoms with Crippen LogP contribution < -0.4 is 4.90 Å². The second-order valence-electron chi connectivity index (χ2n) is 4.72. The van der Waals surface area contributed by atoms with Gasteiger partial charge in [-0.3, -0.25) is 0 Å². The molecule has 2 nitrogen and oxygen atoms in total. The molecule has 0 aromatic heterocycles. The van der Waals surface area contributed by atoms with Gasteiger partial charge in [0.05, 0.1) is 0 Å². The van der Waals surface area contributed by atoms with E-state index in [1.807, 2.05) is 11.8 Å². The van der Waals surface area contributed by atoms with E-state index in [0.29, 0.717) is 0 Å². The normalized spacial score (nSPS) is 13.8. The molecular weight excluding hydrogens is 240 g/mol. The zero-order valence-electron chi connectivity index (χ0n) is 11.5. The van der Waals surface area contributed by atoms with Crippen LogP contribution in [0.15, 0.2) is 29.2 Å². The van der Waals surface area contributed by atoms with Crippen LogP contribution in [0, 0.1) is 0 Å². The first-order chi connectivity index (χ1) is 8.72. The van der Waals surface area contributed by atoms with Gasteiger partial charge in [-0.25, -0.2) is 0 Å². The topological polar surface area (TPSA) is 6.48 Å². The van der Waals surface area contributed by atoms with Gasteiger partial charge in [0.2, 0.25) is 0 Å². The molecule has 1 aliphatic rings. The number of rotatable bonds is 5. The minimum absolute atomic E-state index is 1.07. The molecule has 98 valence electrons. The highest BCUT2D eigenvalue weighted by atomic mass is 32.2. The van der Waals surface area contributed by atoms with Crippen molar-refractivity contribution < 1.29 is 0 Å². The molecule has 1 aliphatic heterocycles. The second kappa shape index (κ2) is 6.30. The average Bonchev–Trinajstić information content (AvgIpc) is 2.43. The quantitative estimate of drug-likeness (QED) is 0.804. The van der Waals surface area contributed by atoms with Crippen LogP contribution in [0.2, 0.25) is 0 Å². The smallest absolute Gasteiger partial charge is 0.0448 e. The van der Waals surface area contributed by atoms with Crippen LogP contribution >= 0.6 is 11.8 Å². The third kappa shape index (κ3) is 3.09. The Balaban J connectivity index is 2.11. The number of fused-ring (bicyclic) bond motifs is 1. The maximum Gasteiger partial charge on any atom is 0.0448 e. The third-order valence-electron chi connectivity index (χ3n) is 3.43. The molecule has 0 N–H and O–H groups in total. The maximum absolute atomic E-state index is 2.36. The van der Waals surface area contributed by atoms with E-state index in [1.165, 1.54) is 16.1 Å². The summed E-state index contributed by atoms with van der Waals surface area (Å²) in [5.74, 6) is 1.10. The average molecular weight is 262 g/mol. The summed E-state index contributed by atoms with van der Waals surface area (Å²) in [5, 5.41) is 0. The lowest BCUT2D eigenvalue weighted by Gasteiger charge is -2.26. The lowest BCUT2D eigenvalue weighted by molar-refractivity contribution is 0.360. The molecule has 1 aromatic rings. The van der Waals surface area contributed by atoms with E-state index in [0.717, 1.165) is 25.4 Å². The zero-order chi connectivity index (χ0) is 13.0. The number of anilines is 1. The summed E-state index contributed by atoms with van der Waals surface area (Å²) < 4.78 is 0. The summed E-state index contributed by atoms with van der Waals surface area (Å²) in [6, 6.07) is 6.61. The highest BCUT2D eigenvalue weighted by Gasteiger charge is 2.12. The highest BCUT2D eigenvalue weighted by Crippen LogP contribution is 2.34. The first kappa shape index (κ1) is 13.5. The van der Waals surface area contributed by atoms with Gasteiger partial charge in [-0.05, 0) is 25.7 Å². The molecule has 3 heteroatoms. The minimum Gasteiger partial charge on any atom is -0.373 e. The Morgan fingerprint density at radius 3 is 2.83 bits per heavy atom. The van der Waals surface area contributed by atoms with Gasteiger partial charge < -0.3 is 9.80 Å². The molecule has 0 spiro atoms. The fourth-order valence-electron chi connectivity index (χ4n) is 2.06. The molecular formula is C15H22N2S. The largest absolute Gasteiger partial charge is 0.373 e. The number of hydrogen-bond donors (Lipinski definition) is 0. The van der Waals surface area contributed by atoms with Gasteiger partial charge in [0.15, 0.2) is 0 Å². The van der Waals surface area contributed by atoms with Gasteiger partial charge in [-0.1, -0.05) is 25.1 Å². The molecule has 0 bridgehead atoms. The van der Waals surface area contributed by atoms with Crippen molar-refractivity contribution in [3.05, 3.63) is 29.8 Å². The monoisotopic (exact) mass is 262 g/mol. The van der Waals surface area contributed by atoms with Gasteiger partial charge in [0.25, 0.3) is 0 Å². The van der Waals surface area contributed by atoms with Crippen LogP contribution in [0.5, 0.6) is 0 Å². The summed E-state index contributed by atoms with van der Waals surface area (Å²) >= 11 is 1.93. The second-order valence-corrected chi connectivity index (χ2v) is 5.78. The number of benzene rings is 1. The zero-order valence-corrected chi connectivity index (χ0v) is 12.3. The van der Waals surface area contributed by atoms with Crippen molar-refractivity contribution in [3.63, 3.8) is 0 Å². The Bertz CT molecular complexity index is 429. The molecule has 0 saturated carbocycles. The maximum atomic E-state index is 2.36. The molecule has 0 aliphatic carbocycles. The van der Waals surface area contributed by atoms with Crippen LogP contribution in [0.3, 0.4) is 0 Å². The number of likely N-dealkylation sites (N-methyl/N-ethyl adjacent to an activating group) is 2. The standard InChI is InChI=1S/C15H22N2S/c1-4-16(2)10-11-17(3)14-8-5-9-15-13(14)7-6-12-18-15/h5-9H,4,10-12H2,1-3H3. The van der Waals surface area contributed by atoms with Crippen molar-refractivity contribution in [3.8, 4) is 0 Å². The molecule has 0 radical (unpaired) electrons. The first-order valence-corrected chi connectivity index (χ1v) is 7.53. The molecule has 1 heterocycles. The lowest BCUT2D eigenvalue weighted by atomic mass is 10.1. The molecule has 2 rings (SSSR count). The van der Waals surface area contributed by atoms with E-state index < -0.39 is 0 Å². The predicted octanol–water partition coefficient (Wildman–Crippen LogP) is 3.19. The van der Waals surface area contributed by atoms with Crippen molar-refractivity contribution in [1.29, 1.82) is 0 Å². The van der Waals surface area contributed by atoms with Crippen LogP contribution in [-0.2, 0) is 0 Å². The van der Waals surface area contributed by atoms with Gasteiger partial charge >= 0.3 is 0 Å². The molecule has 0 unspecified atom stereocenters. The van der Waals surface area contributed by atoms with Crippen molar-refractivity contribution >= 4 is 23.5 Å². The molecule has 0 atom stereocenters. The van der Waals surface area contributed by atoms with E-state index in [1.54, 1.807) is 0 Å². The summed E-state index contributed by atoms with van der Waals surface area (Å²) in [5.41, 5.74) is 2.73. The van der Waals surface area contributed by atoms with Crippen LogP contribution in [0.4, 0.5) is 5.69 Å². The SMILES string of the molecule is CCN(C)CCN(C)c1cccc2c1C=CCS2. The summed E-state index contributed by atoms with van der Waals surface area (Å²) in [4.78, 5) is 6.11. The molecule has 0 amide bonds. The Kier molecular flexibility index (Phi) is 4.72. The third-order valence-corrected chi connectivity index (χ3v) is 4.46. The Morgan fingerprint density at radius 1 is 1.22 bits per heavy atom. The Morgan fingerprint density at radius 2 is 2.06 bits per heavy atom. The molecule has 0 saturated heterocycles. The molecule has 1 aromatic carbocycles. The van der Waals surface area contributed by atoms with Crippen molar-refractivity contribution in [2.45, 2.75) is 11.8 Å². The van der Waals surface area contributed by atoms with Crippen LogP contribution in [0.1, 0.15) is 12.5 Å². The van der Waals surface area contributed by atoms with E-state index in [9.17, 15) is 0 Å². The number of hydrogen-bond acceptors (Lipinski definition) is 3. The molecule has 0 fully saturated rings. The van der Waals surface area contributed by atoms with E-state index in [2.05, 4.69) is 61.2 Å². The van der Waals surface area contributed by atoms with Crippen molar-refractivity contribution in [2.24, 2.45) is 0 Å². The highest BCUT2D eigenvalue weighted by molar-refractivity contribution is 7.99. The first-order valence-electron chi connectivity index (χ1n) is 6.54. The fraction of sp³-hybridized carbons (Fsp3) is 0.467.